The van der Waals surface area contributed by atoms with E-state index in [1.165, 1.54) is 12.1 Å². The molecule has 0 saturated heterocycles. The van der Waals surface area contributed by atoms with Gasteiger partial charge in [-0.25, -0.2) is 9.18 Å². The highest BCUT2D eigenvalue weighted by Gasteiger charge is 2.32. The Hall–Kier alpha value is -2.69. The monoisotopic (exact) mass is 284 g/mol. The van der Waals surface area contributed by atoms with Crippen molar-refractivity contribution in [2.75, 3.05) is 5.01 Å². The van der Waals surface area contributed by atoms with Crippen LogP contribution in [0.1, 0.15) is 18.0 Å². The highest BCUT2D eigenvalue weighted by molar-refractivity contribution is 6.36. The molecule has 0 bridgehead atoms. The quantitative estimate of drug-likeness (QED) is 0.941. The summed E-state index contributed by atoms with van der Waals surface area (Å²) in [4.78, 5) is 11.2. The van der Waals surface area contributed by atoms with E-state index in [1.807, 2.05) is 30.3 Å². The number of carbonyl (C=O) groups is 1. The maximum absolute atomic E-state index is 13.1. The molecular weight excluding hydrogens is 271 g/mol. The highest BCUT2D eigenvalue weighted by Crippen LogP contribution is 2.35. The van der Waals surface area contributed by atoms with Crippen LogP contribution in [-0.4, -0.2) is 16.8 Å². The maximum Gasteiger partial charge on any atom is 0.352 e. The first-order valence-electron chi connectivity index (χ1n) is 6.55. The minimum atomic E-state index is -1.03. The topological polar surface area (TPSA) is 52.9 Å². The van der Waals surface area contributed by atoms with Gasteiger partial charge in [0.15, 0.2) is 0 Å². The number of hydrogen-bond donors (Lipinski definition) is 1. The fraction of sp³-hybridized carbons (Fsp3) is 0.125. The second-order valence-corrected chi connectivity index (χ2v) is 4.80. The van der Waals surface area contributed by atoms with E-state index in [1.54, 1.807) is 17.1 Å². The molecule has 0 fully saturated rings. The number of aliphatic carboxylic acids is 1. The predicted molar refractivity (Wildman–Crippen MR) is 77.7 cm³/mol. The lowest BCUT2D eigenvalue weighted by Crippen LogP contribution is -2.18. The largest absolute Gasteiger partial charge is 0.477 e. The second-order valence-electron chi connectivity index (χ2n) is 4.80. The van der Waals surface area contributed by atoms with E-state index >= 15 is 0 Å². The van der Waals surface area contributed by atoms with Crippen LogP contribution in [0.5, 0.6) is 0 Å². The molecule has 1 aliphatic heterocycles. The molecule has 3 rings (SSSR count). The summed E-state index contributed by atoms with van der Waals surface area (Å²) in [6.45, 7) is 0. The minimum Gasteiger partial charge on any atom is -0.477 e. The fourth-order valence-electron chi connectivity index (χ4n) is 2.41. The van der Waals surface area contributed by atoms with Crippen LogP contribution in [0.2, 0.25) is 0 Å². The van der Waals surface area contributed by atoms with Gasteiger partial charge in [-0.3, -0.25) is 5.01 Å². The number of hydrogen-bond acceptors (Lipinski definition) is 3. The van der Waals surface area contributed by atoms with Crippen molar-refractivity contribution < 1.29 is 14.3 Å². The van der Waals surface area contributed by atoms with Gasteiger partial charge in [-0.15, -0.1) is 0 Å². The summed E-state index contributed by atoms with van der Waals surface area (Å²) >= 11 is 0. The molecule has 1 N–H and O–H groups in total. The molecule has 0 unspecified atom stereocenters. The van der Waals surface area contributed by atoms with Crippen LogP contribution in [0.15, 0.2) is 59.7 Å². The van der Waals surface area contributed by atoms with Crippen molar-refractivity contribution in [2.24, 2.45) is 5.10 Å². The van der Waals surface area contributed by atoms with E-state index in [4.69, 9.17) is 5.11 Å². The van der Waals surface area contributed by atoms with Crippen molar-refractivity contribution in [1.29, 1.82) is 0 Å². The summed E-state index contributed by atoms with van der Waals surface area (Å²) in [5.74, 6) is -1.36. The van der Waals surface area contributed by atoms with Crippen LogP contribution in [-0.2, 0) is 4.79 Å². The molecule has 0 radical (unpaired) electrons. The molecule has 1 aliphatic rings. The number of nitrogens with zero attached hydrogens (tertiary/aromatic N) is 2. The number of carboxylic acid groups (broad SMARTS) is 1. The molecular formula is C16H13FN2O2. The smallest absolute Gasteiger partial charge is 0.352 e. The van der Waals surface area contributed by atoms with Gasteiger partial charge in [0.05, 0.1) is 11.7 Å². The first-order chi connectivity index (χ1) is 10.1. The standard InChI is InChI=1S/C16H13FN2O2/c17-12-6-8-13(9-7-12)19-15(10-14(18-19)16(20)21)11-4-2-1-3-5-11/h1-9,15H,10H2,(H,20,21)/t15-/m1/s1. The Morgan fingerprint density at radius 3 is 2.43 bits per heavy atom. The lowest BCUT2D eigenvalue weighted by molar-refractivity contribution is -0.129. The summed E-state index contributed by atoms with van der Waals surface area (Å²) < 4.78 is 13.1. The third-order valence-corrected chi connectivity index (χ3v) is 3.43. The van der Waals surface area contributed by atoms with Gasteiger partial charge in [-0.1, -0.05) is 30.3 Å². The van der Waals surface area contributed by atoms with E-state index < -0.39 is 5.97 Å². The predicted octanol–water partition coefficient (Wildman–Crippen LogP) is 3.22. The van der Waals surface area contributed by atoms with Gasteiger partial charge in [-0.05, 0) is 29.8 Å². The third kappa shape index (κ3) is 2.63. The number of hydrazone groups is 1. The molecule has 0 saturated carbocycles. The summed E-state index contributed by atoms with van der Waals surface area (Å²) in [7, 11) is 0. The number of anilines is 1. The van der Waals surface area contributed by atoms with E-state index in [2.05, 4.69) is 5.10 Å². The average Bonchev–Trinajstić information content (AvgIpc) is 2.94. The molecule has 5 heteroatoms. The highest BCUT2D eigenvalue weighted by atomic mass is 19.1. The van der Waals surface area contributed by atoms with Gasteiger partial charge in [0.2, 0.25) is 0 Å². The molecule has 2 aromatic rings. The summed E-state index contributed by atoms with van der Waals surface area (Å²) in [6.07, 6.45) is 0.316. The van der Waals surface area contributed by atoms with Crippen LogP contribution >= 0.6 is 0 Å². The zero-order valence-electron chi connectivity index (χ0n) is 11.1. The van der Waals surface area contributed by atoms with Crippen LogP contribution in [0.4, 0.5) is 10.1 Å². The van der Waals surface area contributed by atoms with Gasteiger partial charge in [0.25, 0.3) is 0 Å². The van der Waals surface area contributed by atoms with Crippen LogP contribution in [0.3, 0.4) is 0 Å². The second kappa shape index (κ2) is 5.36. The normalized spacial score (nSPS) is 17.7. The van der Waals surface area contributed by atoms with Crippen molar-refractivity contribution in [2.45, 2.75) is 12.5 Å². The lowest BCUT2D eigenvalue weighted by atomic mass is 10.0. The Morgan fingerprint density at radius 2 is 1.81 bits per heavy atom. The van der Waals surface area contributed by atoms with E-state index in [-0.39, 0.29) is 17.6 Å². The number of halogens is 1. The van der Waals surface area contributed by atoms with E-state index in [0.717, 1.165) is 5.56 Å². The van der Waals surface area contributed by atoms with Gasteiger partial charge in [0, 0.05) is 6.42 Å². The lowest BCUT2D eigenvalue weighted by Gasteiger charge is -2.23. The van der Waals surface area contributed by atoms with Crippen molar-refractivity contribution in [3.8, 4) is 0 Å². The number of benzene rings is 2. The Morgan fingerprint density at radius 1 is 1.14 bits per heavy atom. The molecule has 0 aliphatic carbocycles. The van der Waals surface area contributed by atoms with Crippen LogP contribution in [0, 0.1) is 5.82 Å². The van der Waals surface area contributed by atoms with Gasteiger partial charge >= 0.3 is 5.97 Å². The molecule has 0 spiro atoms. The summed E-state index contributed by atoms with van der Waals surface area (Å²) in [6, 6.07) is 15.2. The van der Waals surface area contributed by atoms with Crippen LogP contribution < -0.4 is 5.01 Å². The molecule has 0 amide bonds. The SMILES string of the molecule is O=C(O)C1=NN(c2ccc(F)cc2)[C@@H](c2ccccc2)C1. The maximum atomic E-state index is 13.1. The Labute approximate surface area is 121 Å². The zero-order valence-corrected chi connectivity index (χ0v) is 11.1. The van der Waals surface area contributed by atoms with Gasteiger partial charge < -0.3 is 5.11 Å². The Kier molecular flexibility index (Phi) is 3.39. The first-order valence-corrected chi connectivity index (χ1v) is 6.55. The third-order valence-electron chi connectivity index (χ3n) is 3.43. The molecule has 0 aromatic heterocycles. The van der Waals surface area contributed by atoms with E-state index in [9.17, 15) is 9.18 Å². The summed E-state index contributed by atoms with van der Waals surface area (Å²) in [5.41, 5.74) is 1.75. The minimum absolute atomic E-state index is 0.105. The Bertz CT molecular complexity index is 683. The Balaban J connectivity index is 2.00. The molecule has 4 nitrogen and oxygen atoms in total. The molecule has 21 heavy (non-hydrogen) atoms. The summed E-state index contributed by atoms with van der Waals surface area (Å²) in [5, 5.41) is 15.0. The molecule has 1 heterocycles. The zero-order chi connectivity index (χ0) is 14.8. The van der Waals surface area contributed by atoms with Gasteiger partial charge in [-0.2, -0.15) is 5.10 Å². The molecule has 1 atom stereocenters. The van der Waals surface area contributed by atoms with Crippen molar-refractivity contribution in [3.05, 3.63) is 66.0 Å². The van der Waals surface area contributed by atoms with Crippen molar-refractivity contribution >= 4 is 17.4 Å². The molecule has 106 valence electrons. The van der Waals surface area contributed by atoms with Gasteiger partial charge in [0.1, 0.15) is 11.5 Å². The van der Waals surface area contributed by atoms with Crippen LogP contribution in [0.25, 0.3) is 0 Å². The number of carboxylic acids is 1. The van der Waals surface area contributed by atoms with Crippen molar-refractivity contribution in [3.63, 3.8) is 0 Å². The van der Waals surface area contributed by atoms with Crippen molar-refractivity contribution in [1.82, 2.24) is 0 Å². The average molecular weight is 284 g/mol. The fourth-order valence-corrected chi connectivity index (χ4v) is 2.41. The number of rotatable bonds is 3. The first kappa shape index (κ1) is 13.3. The van der Waals surface area contributed by atoms with E-state index in [0.29, 0.717) is 12.1 Å². The molecule has 2 aromatic carbocycles.